The minimum absolute atomic E-state index is 0.0340. The highest BCUT2D eigenvalue weighted by molar-refractivity contribution is 7.52. The molecule has 5 rings (SSSR count). The molecule has 4 N–H and O–H groups in total. The lowest BCUT2D eigenvalue weighted by Gasteiger charge is -2.44. The Labute approximate surface area is 235 Å². The first-order valence-electron chi connectivity index (χ1n) is 13.0. The van der Waals surface area contributed by atoms with Crippen molar-refractivity contribution in [2.75, 3.05) is 26.1 Å². The molecule has 4 heterocycles. The van der Waals surface area contributed by atoms with Gasteiger partial charge in [0.05, 0.1) is 32.8 Å². The molecule has 0 aliphatic carbocycles. The van der Waals surface area contributed by atoms with Gasteiger partial charge in [-0.1, -0.05) is 18.2 Å². The van der Waals surface area contributed by atoms with Crippen LogP contribution in [0.2, 0.25) is 0 Å². The van der Waals surface area contributed by atoms with Crippen LogP contribution in [-0.2, 0) is 28.1 Å². The van der Waals surface area contributed by atoms with Gasteiger partial charge in [-0.25, -0.2) is 9.55 Å². The Morgan fingerprint density at radius 1 is 1.29 bits per heavy atom. The molecule has 2 saturated heterocycles. The summed E-state index contributed by atoms with van der Waals surface area (Å²) < 4.78 is 49.6. The van der Waals surface area contributed by atoms with Gasteiger partial charge in [0.15, 0.2) is 17.4 Å². The van der Waals surface area contributed by atoms with Gasteiger partial charge in [-0.3, -0.25) is 13.9 Å². The standard InChI is InChI=1S/C25H33N6O9P/c1-14(2)38-22(33)15(3)30-41(34,40-16-8-6-5-7-9-16)37-12-17-19(32)25(10-11-36-25)23(39-17)31-13-27-18-20(31)28-24(26)29-21(18)35-4/h5-9,13-15,17,19,23,32H,10-12H2,1-4H3,(H,30,34)(H2,26,28,29)/t15-,17+,19+,23+,25+,41?/m0/s1. The van der Waals surface area contributed by atoms with Crippen LogP contribution in [0, 0.1) is 0 Å². The molecular formula is C25H33N6O9P. The van der Waals surface area contributed by atoms with Gasteiger partial charge in [0.2, 0.25) is 11.8 Å². The third kappa shape index (κ3) is 5.73. The highest BCUT2D eigenvalue weighted by atomic mass is 31.2. The Hall–Kier alpha value is -3.33. The fraction of sp³-hybridized carbons (Fsp3) is 0.520. The van der Waals surface area contributed by atoms with Gasteiger partial charge in [-0.15, -0.1) is 0 Å². The highest BCUT2D eigenvalue weighted by Gasteiger charge is 2.62. The maximum atomic E-state index is 13.9. The highest BCUT2D eigenvalue weighted by Crippen LogP contribution is 2.51. The van der Waals surface area contributed by atoms with Crippen LogP contribution in [0.4, 0.5) is 5.95 Å². The number of aliphatic hydroxyl groups is 1. The Morgan fingerprint density at radius 3 is 2.66 bits per heavy atom. The number of nitrogens with two attached hydrogens (primary N) is 1. The molecular weight excluding hydrogens is 559 g/mol. The molecule has 0 amide bonds. The summed E-state index contributed by atoms with van der Waals surface area (Å²) in [5.41, 5.74) is 5.39. The number of carbonyl (C=O) groups excluding carboxylic acids is 1. The average molecular weight is 593 g/mol. The lowest BCUT2D eigenvalue weighted by atomic mass is 9.86. The molecule has 0 saturated carbocycles. The second kappa shape index (κ2) is 11.5. The molecule has 41 heavy (non-hydrogen) atoms. The van der Waals surface area contributed by atoms with E-state index in [-0.39, 0.29) is 30.3 Å². The number of hydrogen-bond acceptors (Lipinski definition) is 13. The molecule has 2 fully saturated rings. The van der Waals surface area contributed by atoms with Gasteiger partial charge in [-0.05, 0) is 32.9 Å². The van der Waals surface area contributed by atoms with Crippen molar-refractivity contribution in [1.29, 1.82) is 0 Å². The topological polar surface area (TPSA) is 191 Å². The third-order valence-electron chi connectivity index (χ3n) is 6.73. The number of aromatic nitrogens is 4. The van der Waals surface area contributed by atoms with E-state index in [2.05, 4.69) is 20.0 Å². The number of nitrogens with zero attached hydrogens (tertiary/aromatic N) is 4. The summed E-state index contributed by atoms with van der Waals surface area (Å²) >= 11 is 0. The maximum absolute atomic E-state index is 13.9. The Kier molecular flexibility index (Phi) is 8.19. The van der Waals surface area contributed by atoms with Crippen molar-refractivity contribution in [3.63, 3.8) is 0 Å². The summed E-state index contributed by atoms with van der Waals surface area (Å²) in [5.74, 6) is -0.242. The number of anilines is 1. The van der Waals surface area contributed by atoms with Crippen LogP contribution in [0.5, 0.6) is 11.6 Å². The van der Waals surface area contributed by atoms with Crippen molar-refractivity contribution in [3.8, 4) is 11.6 Å². The van der Waals surface area contributed by atoms with Crippen LogP contribution < -0.4 is 20.1 Å². The van der Waals surface area contributed by atoms with E-state index in [0.717, 1.165) is 0 Å². The lowest BCUT2D eigenvalue weighted by Crippen LogP contribution is -2.56. The smallest absolute Gasteiger partial charge is 0.459 e. The van der Waals surface area contributed by atoms with Crippen LogP contribution in [0.25, 0.3) is 11.2 Å². The minimum atomic E-state index is -4.20. The van der Waals surface area contributed by atoms with Crippen molar-refractivity contribution in [2.24, 2.45) is 0 Å². The molecule has 0 radical (unpaired) electrons. The van der Waals surface area contributed by atoms with E-state index in [9.17, 15) is 14.5 Å². The second-order valence-electron chi connectivity index (χ2n) is 9.97. The van der Waals surface area contributed by atoms with E-state index >= 15 is 0 Å². The van der Waals surface area contributed by atoms with Crippen molar-refractivity contribution in [3.05, 3.63) is 36.7 Å². The zero-order valence-corrected chi connectivity index (χ0v) is 23.9. The van der Waals surface area contributed by atoms with Crippen molar-refractivity contribution < 1.29 is 42.5 Å². The molecule has 1 spiro atoms. The summed E-state index contributed by atoms with van der Waals surface area (Å²) in [6.45, 7) is 4.90. The molecule has 1 unspecified atom stereocenters. The first-order chi connectivity index (χ1) is 19.5. The molecule has 222 valence electrons. The van der Waals surface area contributed by atoms with E-state index in [1.165, 1.54) is 20.4 Å². The van der Waals surface area contributed by atoms with Gasteiger partial charge < -0.3 is 34.3 Å². The number of ether oxygens (including phenoxy) is 4. The van der Waals surface area contributed by atoms with Gasteiger partial charge >= 0.3 is 13.7 Å². The maximum Gasteiger partial charge on any atom is 0.459 e. The van der Waals surface area contributed by atoms with Crippen LogP contribution in [0.3, 0.4) is 0 Å². The number of nitrogens with one attached hydrogen (secondary N) is 1. The van der Waals surface area contributed by atoms with Gasteiger partial charge in [0, 0.05) is 6.42 Å². The lowest BCUT2D eigenvalue weighted by molar-refractivity contribution is -0.225. The first-order valence-corrected chi connectivity index (χ1v) is 14.6. The monoisotopic (exact) mass is 592 g/mol. The number of carbonyl (C=O) groups is 1. The Bertz CT molecular complexity index is 1430. The average Bonchev–Trinajstić information content (AvgIpc) is 3.45. The first kappa shape index (κ1) is 29.2. The molecule has 6 atom stereocenters. The number of methoxy groups -OCH3 is 1. The SMILES string of the molecule is COc1nc(N)nc2c1ncn2[C@@H]1O[C@H](COP(=O)(N[C@@H](C)C(=O)OC(C)C)Oc2ccccc2)[C@@H](O)[C@]12CCO2. The molecule has 2 aliphatic rings. The molecule has 15 nitrogen and oxygen atoms in total. The molecule has 0 bridgehead atoms. The van der Waals surface area contributed by atoms with Crippen LogP contribution in [0.1, 0.15) is 33.4 Å². The predicted octanol–water partition coefficient (Wildman–Crippen LogP) is 1.97. The van der Waals surface area contributed by atoms with Gasteiger partial charge in [0.25, 0.3) is 0 Å². The van der Waals surface area contributed by atoms with Crippen molar-refractivity contribution in [1.82, 2.24) is 24.6 Å². The summed E-state index contributed by atoms with van der Waals surface area (Å²) in [4.78, 5) is 25.1. The number of fused-ring (bicyclic) bond motifs is 1. The molecule has 1 aromatic carbocycles. The number of rotatable bonds is 11. The summed E-state index contributed by atoms with van der Waals surface area (Å²) in [6, 6.07) is 7.31. The van der Waals surface area contributed by atoms with Gasteiger partial charge in [0.1, 0.15) is 29.6 Å². The summed E-state index contributed by atoms with van der Waals surface area (Å²) in [6.07, 6.45) is -1.52. The molecule has 16 heteroatoms. The van der Waals surface area contributed by atoms with Crippen LogP contribution in [-0.4, -0.2) is 80.9 Å². The number of esters is 1. The van der Waals surface area contributed by atoms with Crippen molar-refractivity contribution >= 4 is 30.8 Å². The largest absolute Gasteiger partial charge is 0.479 e. The number of para-hydroxylation sites is 1. The van der Waals surface area contributed by atoms with E-state index in [1.807, 2.05) is 0 Å². The predicted molar refractivity (Wildman–Crippen MR) is 144 cm³/mol. The number of benzene rings is 1. The number of aliphatic hydroxyl groups excluding tert-OH is 1. The summed E-state index contributed by atoms with van der Waals surface area (Å²) in [5, 5.41) is 14.0. The minimum Gasteiger partial charge on any atom is -0.479 e. The number of imidazole rings is 1. The van der Waals surface area contributed by atoms with E-state index < -0.39 is 43.8 Å². The number of hydrogen-bond donors (Lipinski definition) is 3. The molecule has 2 aromatic heterocycles. The van der Waals surface area contributed by atoms with E-state index in [1.54, 1.807) is 48.7 Å². The summed E-state index contributed by atoms with van der Waals surface area (Å²) in [7, 11) is -2.76. The zero-order valence-electron chi connectivity index (χ0n) is 23.0. The van der Waals surface area contributed by atoms with Gasteiger partial charge in [-0.2, -0.15) is 15.1 Å². The second-order valence-corrected chi connectivity index (χ2v) is 11.7. The fourth-order valence-electron chi connectivity index (χ4n) is 4.74. The Morgan fingerprint density at radius 2 is 2.02 bits per heavy atom. The quantitative estimate of drug-likeness (QED) is 0.216. The van der Waals surface area contributed by atoms with Crippen LogP contribution in [0.15, 0.2) is 36.7 Å². The molecule has 2 aliphatic heterocycles. The fourth-order valence-corrected chi connectivity index (χ4v) is 6.24. The molecule has 3 aromatic rings. The van der Waals surface area contributed by atoms with E-state index in [4.69, 9.17) is 33.7 Å². The third-order valence-corrected chi connectivity index (χ3v) is 8.37. The van der Waals surface area contributed by atoms with Crippen molar-refractivity contribution in [2.45, 2.75) is 63.4 Å². The normalized spacial score (nSPS) is 26.0. The Balaban J connectivity index is 1.38. The number of nitrogen functional groups attached to an aromatic ring is 1. The van der Waals surface area contributed by atoms with Crippen LogP contribution >= 0.6 is 7.75 Å². The van der Waals surface area contributed by atoms with E-state index in [0.29, 0.717) is 24.2 Å². The zero-order chi connectivity index (χ0) is 29.4.